The maximum Gasteiger partial charge on any atom is 0.0690 e. The summed E-state index contributed by atoms with van der Waals surface area (Å²) >= 11 is 0. The van der Waals surface area contributed by atoms with Crippen LogP contribution in [-0.2, 0) is 6.42 Å². The number of aryl methyl sites for hydroxylation is 1. The van der Waals surface area contributed by atoms with Gasteiger partial charge in [-0.2, -0.15) is 0 Å². The zero-order chi connectivity index (χ0) is 12.5. The molecule has 94 valence electrons. The summed E-state index contributed by atoms with van der Waals surface area (Å²) in [5.41, 5.74) is 2.08. The fraction of sp³-hybridized carbons (Fsp3) is 0.625. The van der Waals surface area contributed by atoms with Crippen molar-refractivity contribution in [2.24, 2.45) is 11.8 Å². The third-order valence-electron chi connectivity index (χ3n) is 4.39. The summed E-state index contributed by atoms with van der Waals surface area (Å²) in [4.78, 5) is 0. The van der Waals surface area contributed by atoms with E-state index in [9.17, 15) is 5.11 Å². The molecular weight excluding hydrogens is 208 g/mol. The Kier molecular flexibility index (Phi) is 3.58. The van der Waals surface area contributed by atoms with Gasteiger partial charge in [0.05, 0.1) is 5.60 Å². The molecular formula is C16H24O. The monoisotopic (exact) mass is 232 g/mol. The van der Waals surface area contributed by atoms with Crippen molar-refractivity contribution in [3.05, 3.63) is 35.4 Å². The largest absolute Gasteiger partial charge is 0.390 e. The van der Waals surface area contributed by atoms with Crippen molar-refractivity contribution in [3.8, 4) is 0 Å². The van der Waals surface area contributed by atoms with Crippen LogP contribution in [0.3, 0.4) is 0 Å². The van der Waals surface area contributed by atoms with E-state index in [0.717, 1.165) is 31.6 Å². The van der Waals surface area contributed by atoms with E-state index in [-0.39, 0.29) is 0 Å². The fourth-order valence-electron chi connectivity index (χ4n) is 2.93. The molecule has 0 amide bonds. The van der Waals surface area contributed by atoms with Crippen LogP contribution in [0.4, 0.5) is 0 Å². The SMILES string of the molecule is Cc1ccc(CC2(O)CCC(C)C(C)C2)cc1. The molecule has 3 unspecified atom stereocenters. The lowest BCUT2D eigenvalue weighted by molar-refractivity contribution is -0.0279. The number of hydrogen-bond acceptors (Lipinski definition) is 1. The molecule has 3 atom stereocenters. The summed E-state index contributed by atoms with van der Waals surface area (Å²) in [5.74, 6) is 1.40. The summed E-state index contributed by atoms with van der Waals surface area (Å²) in [7, 11) is 0. The highest BCUT2D eigenvalue weighted by atomic mass is 16.3. The number of benzene rings is 1. The van der Waals surface area contributed by atoms with Crippen LogP contribution < -0.4 is 0 Å². The van der Waals surface area contributed by atoms with E-state index >= 15 is 0 Å². The Bertz CT molecular complexity index is 368. The zero-order valence-electron chi connectivity index (χ0n) is 11.2. The molecule has 0 radical (unpaired) electrons. The summed E-state index contributed by atoms with van der Waals surface area (Å²) < 4.78 is 0. The van der Waals surface area contributed by atoms with Gasteiger partial charge in [-0.15, -0.1) is 0 Å². The van der Waals surface area contributed by atoms with Gasteiger partial charge in [-0.3, -0.25) is 0 Å². The Morgan fingerprint density at radius 3 is 2.41 bits per heavy atom. The minimum Gasteiger partial charge on any atom is -0.390 e. The van der Waals surface area contributed by atoms with Gasteiger partial charge in [0.2, 0.25) is 0 Å². The van der Waals surface area contributed by atoms with Gasteiger partial charge in [0.1, 0.15) is 0 Å². The highest BCUT2D eigenvalue weighted by Gasteiger charge is 2.35. The standard InChI is InChI=1S/C16H24O/c1-12-4-6-15(7-5-12)11-16(17)9-8-13(2)14(3)10-16/h4-7,13-14,17H,8-11H2,1-3H3. The highest BCUT2D eigenvalue weighted by Crippen LogP contribution is 2.38. The van der Waals surface area contributed by atoms with E-state index in [1.165, 1.54) is 11.1 Å². The van der Waals surface area contributed by atoms with Crippen molar-refractivity contribution in [2.75, 3.05) is 0 Å². The quantitative estimate of drug-likeness (QED) is 0.824. The number of rotatable bonds is 2. The van der Waals surface area contributed by atoms with Gasteiger partial charge >= 0.3 is 0 Å². The number of aliphatic hydroxyl groups is 1. The molecule has 2 rings (SSSR count). The van der Waals surface area contributed by atoms with Gasteiger partial charge in [-0.25, -0.2) is 0 Å². The Morgan fingerprint density at radius 1 is 1.18 bits per heavy atom. The van der Waals surface area contributed by atoms with Gasteiger partial charge in [0, 0.05) is 6.42 Å². The first-order valence-corrected chi connectivity index (χ1v) is 6.76. The maximum atomic E-state index is 10.7. The third kappa shape index (κ3) is 3.10. The Hall–Kier alpha value is -0.820. The average Bonchev–Trinajstić information content (AvgIpc) is 2.28. The Balaban J connectivity index is 2.05. The minimum atomic E-state index is -0.471. The van der Waals surface area contributed by atoms with Crippen molar-refractivity contribution in [1.82, 2.24) is 0 Å². The number of hydrogen-bond donors (Lipinski definition) is 1. The van der Waals surface area contributed by atoms with Crippen molar-refractivity contribution >= 4 is 0 Å². The van der Waals surface area contributed by atoms with Gasteiger partial charge < -0.3 is 5.11 Å². The van der Waals surface area contributed by atoms with Crippen LogP contribution in [0.5, 0.6) is 0 Å². The third-order valence-corrected chi connectivity index (χ3v) is 4.39. The second-order valence-electron chi connectivity index (χ2n) is 6.08. The predicted molar refractivity (Wildman–Crippen MR) is 72.0 cm³/mol. The average molecular weight is 232 g/mol. The highest BCUT2D eigenvalue weighted by molar-refractivity contribution is 5.23. The van der Waals surface area contributed by atoms with E-state index in [4.69, 9.17) is 0 Å². The predicted octanol–water partition coefficient (Wildman–Crippen LogP) is 3.72. The molecule has 0 spiro atoms. The molecule has 1 saturated carbocycles. The van der Waals surface area contributed by atoms with Crippen molar-refractivity contribution < 1.29 is 5.11 Å². The van der Waals surface area contributed by atoms with Crippen LogP contribution in [0.15, 0.2) is 24.3 Å². The van der Waals surface area contributed by atoms with Crippen molar-refractivity contribution in [3.63, 3.8) is 0 Å². The lowest BCUT2D eigenvalue weighted by Gasteiger charge is -2.39. The molecule has 1 aliphatic carbocycles. The minimum absolute atomic E-state index is 0.471. The molecule has 1 N–H and O–H groups in total. The molecule has 0 aromatic heterocycles. The van der Waals surface area contributed by atoms with Crippen LogP contribution in [0.25, 0.3) is 0 Å². The molecule has 1 nitrogen and oxygen atoms in total. The molecule has 0 bridgehead atoms. The second-order valence-corrected chi connectivity index (χ2v) is 6.08. The molecule has 0 heterocycles. The second kappa shape index (κ2) is 4.81. The Morgan fingerprint density at radius 2 is 1.82 bits per heavy atom. The van der Waals surface area contributed by atoms with Gasteiger partial charge in [-0.1, -0.05) is 43.7 Å². The van der Waals surface area contributed by atoms with E-state index in [2.05, 4.69) is 45.0 Å². The van der Waals surface area contributed by atoms with Crippen LogP contribution in [0.2, 0.25) is 0 Å². The molecule has 0 saturated heterocycles. The summed E-state index contributed by atoms with van der Waals surface area (Å²) in [6, 6.07) is 8.56. The van der Waals surface area contributed by atoms with Crippen LogP contribution in [0, 0.1) is 18.8 Å². The summed E-state index contributed by atoms with van der Waals surface area (Å²) in [6.07, 6.45) is 3.86. The normalized spacial score (nSPS) is 33.6. The molecule has 1 fully saturated rings. The summed E-state index contributed by atoms with van der Waals surface area (Å²) in [5, 5.41) is 10.7. The topological polar surface area (TPSA) is 20.2 Å². The smallest absolute Gasteiger partial charge is 0.0690 e. The van der Waals surface area contributed by atoms with E-state index in [1.54, 1.807) is 0 Å². The summed E-state index contributed by atoms with van der Waals surface area (Å²) in [6.45, 7) is 6.67. The van der Waals surface area contributed by atoms with Crippen molar-refractivity contribution in [2.45, 2.75) is 52.1 Å². The zero-order valence-corrected chi connectivity index (χ0v) is 11.2. The van der Waals surface area contributed by atoms with Crippen LogP contribution in [0.1, 0.15) is 44.2 Å². The molecule has 17 heavy (non-hydrogen) atoms. The van der Waals surface area contributed by atoms with E-state index in [1.807, 2.05) is 0 Å². The van der Waals surface area contributed by atoms with E-state index in [0.29, 0.717) is 5.92 Å². The van der Waals surface area contributed by atoms with Gasteiger partial charge in [0.25, 0.3) is 0 Å². The lowest BCUT2D eigenvalue weighted by atomic mass is 9.71. The molecule has 0 aliphatic heterocycles. The lowest BCUT2D eigenvalue weighted by Crippen LogP contribution is -2.39. The first-order chi connectivity index (χ1) is 7.98. The van der Waals surface area contributed by atoms with E-state index < -0.39 is 5.60 Å². The molecule has 1 heteroatoms. The van der Waals surface area contributed by atoms with Gasteiger partial charge in [0.15, 0.2) is 0 Å². The molecule has 1 aromatic carbocycles. The fourth-order valence-corrected chi connectivity index (χ4v) is 2.93. The maximum absolute atomic E-state index is 10.7. The van der Waals surface area contributed by atoms with Crippen LogP contribution >= 0.6 is 0 Å². The molecule has 1 aromatic rings. The van der Waals surface area contributed by atoms with Gasteiger partial charge in [-0.05, 0) is 43.6 Å². The first kappa shape index (κ1) is 12.6. The molecule has 1 aliphatic rings. The first-order valence-electron chi connectivity index (χ1n) is 6.76. The van der Waals surface area contributed by atoms with Crippen molar-refractivity contribution in [1.29, 1.82) is 0 Å². The Labute approximate surface area is 105 Å². The van der Waals surface area contributed by atoms with Crippen LogP contribution in [-0.4, -0.2) is 10.7 Å².